The lowest BCUT2D eigenvalue weighted by Gasteiger charge is -2.33. The van der Waals surface area contributed by atoms with Crippen molar-refractivity contribution < 1.29 is 0 Å². The summed E-state index contributed by atoms with van der Waals surface area (Å²) in [6.45, 7) is 0. The summed E-state index contributed by atoms with van der Waals surface area (Å²) in [5.74, 6) is 0. The predicted octanol–water partition coefficient (Wildman–Crippen LogP) is 3.08. The highest BCUT2D eigenvalue weighted by Crippen LogP contribution is 2.39. The number of para-hydroxylation sites is 1. The van der Waals surface area contributed by atoms with E-state index in [0.29, 0.717) is 0 Å². The minimum Gasteiger partial charge on any atom is -0.357 e. The highest BCUT2D eigenvalue weighted by Gasteiger charge is 2.35. The van der Waals surface area contributed by atoms with Crippen molar-refractivity contribution in [1.29, 1.82) is 0 Å². The smallest absolute Gasteiger partial charge is 0.115 e. The Kier molecular flexibility index (Phi) is 3.19. The SMILES string of the molecule is NC1(CCc2ccncn2)CCCc2c1[nH]c1ccccc21. The number of hydrogen-bond acceptors (Lipinski definition) is 3. The first-order valence-corrected chi connectivity index (χ1v) is 7.90. The number of aryl methyl sites for hydroxylation is 2. The molecule has 4 nitrogen and oxygen atoms in total. The van der Waals surface area contributed by atoms with E-state index >= 15 is 0 Å². The van der Waals surface area contributed by atoms with Gasteiger partial charge < -0.3 is 10.7 Å². The van der Waals surface area contributed by atoms with Gasteiger partial charge in [-0.2, -0.15) is 0 Å². The van der Waals surface area contributed by atoms with E-state index in [1.807, 2.05) is 6.07 Å². The second-order valence-electron chi connectivity index (χ2n) is 6.23. The van der Waals surface area contributed by atoms with Crippen LogP contribution in [0, 0.1) is 0 Å². The van der Waals surface area contributed by atoms with Gasteiger partial charge >= 0.3 is 0 Å². The van der Waals surface area contributed by atoms with Crippen LogP contribution in [0.25, 0.3) is 10.9 Å². The van der Waals surface area contributed by atoms with Crippen LogP contribution < -0.4 is 5.73 Å². The first-order valence-electron chi connectivity index (χ1n) is 7.90. The lowest BCUT2D eigenvalue weighted by molar-refractivity contribution is 0.338. The molecule has 2 heterocycles. The van der Waals surface area contributed by atoms with E-state index in [1.165, 1.54) is 22.2 Å². The van der Waals surface area contributed by atoms with Crippen molar-refractivity contribution in [3.8, 4) is 0 Å². The molecule has 0 radical (unpaired) electrons. The first-order chi connectivity index (χ1) is 10.8. The van der Waals surface area contributed by atoms with Gasteiger partial charge in [-0.3, -0.25) is 0 Å². The predicted molar refractivity (Wildman–Crippen MR) is 87.5 cm³/mol. The maximum Gasteiger partial charge on any atom is 0.115 e. The van der Waals surface area contributed by atoms with Gasteiger partial charge in [-0.1, -0.05) is 18.2 Å². The third-order valence-corrected chi connectivity index (χ3v) is 4.83. The summed E-state index contributed by atoms with van der Waals surface area (Å²) in [4.78, 5) is 11.9. The lowest BCUT2D eigenvalue weighted by Crippen LogP contribution is -2.40. The van der Waals surface area contributed by atoms with Crippen molar-refractivity contribution >= 4 is 10.9 Å². The fourth-order valence-electron chi connectivity index (χ4n) is 3.66. The number of nitrogens with two attached hydrogens (primary N) is 1. The van der Waals surface area contributed by atoms with Crippen LogP contribution >= 0.6 is 0 Å². The molecular formula is C18H20N4. The Morgan fingerprint density at radius 3 is 3.00 bits per heavy atom. The summed E-state index contributed by atoms with van der Waals surface area (Å²) in [6.07, 6.45) is 8.48. The molecule has 0 spiro atoms. The summed E-state index contributed by atoms with van der Waals surface area (Å²) in [5.41, 5.74) is 11.4. The van der Waals surface area contributed by atoms with Gasteiger partial charge in [-0.25, -0.2) is 9.97 Å². The Balaban J connectivity index is 1.68. The highest BCUT2D eigenvalue weighted by atomic mass is 14.9. The molecule has 4 rings (SSSR count). The summed E-state index contributed by atoms with van der Waals surface area (Å²) >= 11 is 0. The Labute approximate surface area is 129 Å². The minimum absolute atomic E-state index is 0.280. The number of aromatic amines is 1. The molecule has 0 bridgehead atoms. The second-order valence-corrected chi connectivity index (χ2v) is 6.23. The van der Waals surface area contributed by atoms with Gasteiger partial charge in [0.1, 0.15) is 6.33 Å². The van der Waals surface area contributed by atoms with Crippen LogP contribution in [0.2, 0.25) is 0 Å². The van der Waals surface area contributed by atoms with E-state index < -0.39 is 0 Å². The average Bonchev–Trinajstić information content (AvgIpc) is 2.95. The highest BCUT2D eigenvalue weighted by molar-refractivity contribution is 5.85. The van der Waals surface area contributed by atoms with Gasteiger partial charge in [-0.15, -0.1) is 0 Å². The van der Waals surface area contributed by atoms with Crippen molar-refractivity contribution in [3.05, 3.63) is 59.8 Å². The molecule has 1 aliphatic rings. The van der Waals surface area contributed by atoms with Gasteiger partial charge in [0.2, 0.25) is 0 Å². The molecule has 1 aromatic carbocycles. The number of benzene rings is 1. The summed E-state index contributed by atoms with van der Waals surface area (Å²) < 4.78 is 0. The van der Waals surface area contributed by atoms with Gasteiger partial charge in [0.25, 0.3) is 0 Å². The summed E-state index contributed by atoms with van der Waals surface area (Å²) in [7, 11) is 0. The first kappa shape index (κ1) is 13.5. The van der Waals surface area contributed by atoms with Crippen molar-refractivity contribution in [2.75, 3.05) is 0 Å². The Bertz CT molecular complexity index is 793. The number of aromatic nitrogens is 3. The summed E-state index contributed by atoms with van der Waals surface area (Å²) in [6, 6.07) is 10.5. The largest absolute Gasteiger partial charge is 0.357 e. The average molecular weight is 292 g/mol. The molecule has 0 aliphatic heterocycles. The third-order valence-electron chi connectivity index (χ3n) is 4.83. The molecule has 22 heavy (non-hydrogen) atoms. The van der Waals surface area contributed by atoms with Crippen molar-refractivity contribution in [2.45, 2.75) is 37.6 Å². The molecule has 0 saturated carbocycles. The van der Waals surface area contributed by atoms with Gasteiger partial charge in [-0.05, 0) is 49.8 Å². The molecular weight excluding hydrogens is 272 g/mol. The number of nitrogens with one attached hydrogen (secondary N) is 1. The molecule has 1 atom stereocenters. The molecule has 0 amide bonds. The quantitative estimate of drug-likeness (QED) is 0.779. The fourth-order valence-corrected chi connectivity index (χ4v) is 3.66. The standard InChI is InChI=1S/C18H20N4/c19-18(10-7-13-8-11-20-12-21-13)9-3-5-15-14-4-1-2-6-16(14)22-17(15)18/h1-2,4,6,8,11-12,22H,3,5,7,9-10,19H2. The van der Waals surface area contributed by atoms with Crippen LogP contribution in [0.1, 0.15) is 36.2 Å². The Morgan fingerprint density at radius 2 is 2.14 bits per heavy atom. The maximum absolute atomic E-state index is 6.81. The molecule has 112 valence electrons. The minimum atomic E-state index is -0.280. The molecule has 3 N–H and O–H groups in total. The molecule has 1 aliphatic carbocycles. The second kappa shape index (κ2) is 5.21. The zero-order chi connectivity index (χ0) is 15.0. The number of hydrogen-bond donors (Lipinski definition) is 2. The molecule has 0 saturated heterocycles. The Morgan fingerprint density at radius 1 is 1.23 bits per heavy atom. The molecule has 0 fully saturated rings. The van der Waals surface area contributed by atoms with Crippen molar-refractivity contribution in [1.82, 2.24) is 15.0 Å². The van der Waals surface area contributed by atoms with Crippen molar-refractivity contribution in [2.24, 2.45) is 5.73 Å². The third kappa shape index (κ3) is 2.20. The fraction of sp³-hybridized carbons (Fsp3) is 0.333. The van der Waals surface area contributed by atoms with Crippen molar-refractivity contribution in [3.63, 3.8) is 0 Å². The van der Waals surface area contributed by atoms with E-state index in [4.69, 9.17) is 5.73 Å². The number of H-pyrrole nitrogens is 1. The number of fused-ring (bicyclic) bond motifs is 3. The maximum atomic E-state index is 6.81. The summed E-state index contributed by atoms with van der Waals surface area (Å²) in [5, 5.41) is 1.33. The number of nitrogens with zero attached hydrogens (tertiary/aromatic N) is 2. The van der Waals surface area contributed by atoms with E-state index in [0.717, 1.165) is 37.8 Å². The van der Waals surface area contributed by atoms with Gasteiger partial charge in [0.15, 0.2) is 0 Å². The zero-order valence-corrected chi connectivity index (χ0v) is 12.5. The Hall–Kier alpha value is -2.20. The monoisotopic (exact) mass is 292 g/mol. The molecule has 1 unspecified atom stereocenters. The zero-order valence-electron chi connectivity index (χ0n) is 12.5. The van der Waals surface area contributed by atoms with Crippen LogP contribution in [-0.2, 0) is 18.4 Å². The van der Waals surface area contributed by atoms with E-state index in [2.05, 4.69) is 39.2 Å². The lowest BCUT2D eigenvalue weighted by atomic mass is 9.78. The van der Waals surface area contributed by atoms with Crippen LogP contribution in [0.5, 0.6) is 0 Å². The molecule has 4 heteroatoms. The molecule has 2 aromatic heterocycles. The topological polar surface area (TPSA) is 67.6 Å². The van der Waals surface area contributed by atoms with Crippen LogP contribution in [0.4, 0.5) is 0 Å². The normalized spacial score (nSPS) is 21.0. The van der Waals surface area contributed by atoms with Crippen LogP contribution in [0.3, 0.4) is 0 Å². The van der Waals surface area contributed by atoms with Crippen LogP contribution in [0.15, 0.2) is 42.9 Å². The van der Waals surface area contributed by atoms with E-state index in [1.54, 1.807) is 12.5 Å². The number of rotatable bonds is 3. The van der Waals surface area contributed by atoms with Crippen LogP contribution in [-0.4, -0.2) is 15.0 Å². The molecule has 3 aromatic rings. The van der Waals surface area contributed by atoms with E-state index in [-0.39, 0.29) is 5.54 Å². The van der Waals surface area contributed by atoms with Gasteiger partial charge in [0.05, 0.1) is 5.54 Å². The van der Waals surface area contributed by atoms with E-state index in [9.17, 15) is 0 Å². The van der Waals surface area contributed by atoms with Gasteiger partial charge in [0, 0.05) is 28.5 Å².